The van der Waals surface area contributed by atoms with Gasteiger partial charge in [-0.15, -0.1) is 0 Å². The van der Waals surface area contributed by atoms with E-state index in [4.69, 9.17) is 0 Å². The Morgan fingerprint density at radius 2 is 2.11 bits per heavy atom. The molecule has 0 saturated heterocycles. The summed E-state index contributed by atoms with van der Waals surface area (Å²) in [6.45, 7) is 6.59. The van der Waals surface area contributed by atoms with Crippen molar-refractivity contribution in [2.75, 3.05) is 17.2 Å². The molecule has 1 aromatic heterocycles. The molecule has 3 N–H and O–H groups in total. The number of carbonyl (C=O) groups excluding carboxylic acids is 1. The molecule has 0 aliphatic heterocycles. The Morgan fingerprint density at radius 3 is 2.74 bits per heavy atom. The van der Waals surface area contributed by atoms with Crippen LogP contribution < -0.4 is 16.0 Å². The lowest BCUT2D eigenvalue weighted by molar-refractivity contribution is -0.121. The van der Waals surface area contributed by atoms with Crippen LogP contribution in [-0.2, 0) is 4.79 Å². The van der Waals surface area contributed by atoms with Gasteiger partial charge in [-0.3, -0.25) is 4.79 Å². The van der Waals surface area contributed by atoms with Gasteiger partial charge in [0.25, 0.3) is 0 Å². The SMILES string of the molecule is CCNc1ncnc(NC(C)C(=O)NC2CC2)c1C. The summed E-state index contributed by atoms with van der Waals surface area (Å²) in [7, 11) is 0. The third-order valence-electron chi connectivity index (χ3n) is 3.10. The Kier molecular flexibility index (Phi) is 4.19. The Morgan fingerprint density at radius 1 is 1.42 bits per heavy atom. The van der Waals surface area contributed by atoms with Crippen molar-refractivity contribution in [3.8, 4) is 0 Å². The van der Waals surface area contributed by atoms with Gasteiger partial charge in [0.15, 0.2) is 0 Å². The molecule has 6 heteroatoms. The molecule has 0 spiro atoms. The molecule has 0 aromatic carbocycles. The highest BCUT2D eigenvalue weighted by Gasteiger charge is 2.25. The van der Waals surface area contributed by atoms with Gasteiger partial charge in [0, 0.05) is 18.2 Å². The van der Waals surface area contributed by atoms with Crippen LogP contribution >= 0.6 is 0 Å². The second-order valence-electron chi connectivity index (χ2n) is 4.88. The quantitative estimate of drug-likeness (QED) is 0.721. The van der Waals surface area contributed by atoms with Crippen molar-refractivity contribution >= 4 is 17.5 Å². The van der Waals surface area contributed by atoms with Gasteiger partial charge in [0.05, 0.1) is 0 Å². The van der Waals surface area contributed by atoms with E-state index < -0.39 is 0 Å². The van der Waals surface area contributed by atoms with Gasteiger partial charge in [-0.25, -0.2) is 9.97 Å². The number of amides is 1. The maximum atomic E-state index is 11.9. The number of aromatic nitrogens is 2. The van der Waals surface area contributed by atoms with Crippen molar-refractivity contribution in [3.05, 3.63) is 11.9 Å². The summed E-state index contributed by atoms with van der Waals surface area (Å²) in [5.74, 6) is 1.52. The Balaban J connectivity index is 2.00. The van der Waals surface area contributed by atoms with Crippen LogP contribution in [0.5, 0.6) is 0 Å². The van der Waals surface area contributed by atoms with Crippen molar-refractivity contribution in [2.24, 2.45) is 0 Å². The molecule has 1 amide bonds. The van der Waals surface area contributed by atoms with Crippen LogP contribution in [0.3, 0.4) is 0 Å². The van der Waals surface area contributed by atoms with E-state index in [-0.39, 0.29) is 11.9 Å². The molecule has 1 aromatic rings. The van der Waals surface area contributed by atoms with E-state index in [0.717, 1.165) is 30.8 Å². The van der Waals surface area contributed by atoms with Gasteiger partial charge >= 0.3 is 0 Å². The lowest BCUT2D eigenvalue weighted by Crippen LogP contribution is -2.39. The molecule has 1 saturated carbocycles. The van der Waals surface area contributed by atoms with Gasteiger partial charge in [-0.2, -0.15) is 0 Å². The zero-order valence-corrected chi connectivity index (χ0v) is 11.7. The molecule has 1 fully saturated rings. The first kappa shape index (κ1) is 13.6. The first-order valence-electron chi connectivity index (χ1n) is 6.74. The Bertz CT molecular complexity index is 458. The summed E-state index contributed by atoms with van der Waals surface area (Å²) >= 11 is 0. The van der Waals surface area contributed by atoms with E-state index >= 15 is 0 Å². The van der Waals surface area contributed by atoms with Crippen molar-refractivity contribution in [1.82, 2.24) is 15.3 Å². The summed E-state index contributed by atoms with van der Waals surface area (Å²) in [6.07, 6.45) is 3.68. The second kappa shape index (κ2) is 5.86. The first-order chi connectivity index (χ1) is 9.11. The molecule has 1 atom stereocenters. The first-order valence-corrected chi connectivity index (χ1v) is 6.74. The number of hydrogen-bond donors (Lipinski definition) is 3. The van der Waals surface area contributed by atoms with Crippen LogP contribution in [0.4, 0.5) is 11.6 Å². The van der Waals surface area contributed by atoms with Crippen LogP contribution in [0.2, 0.25) is 0 Å². The van der Waals surface area contributed by atoms with Crippen molar-refractivity contribution in [3.63, 3.8) is 0 Å². The topological polar surface area (TPSA) is 78.9 Å². The maximum Gasteiger partial charge on any atom is 0.242 e. The summed E-state index contributed by atoms with van der Waals surface area (Å²) in [5, 5.41) is 9.28. The minimum atomic E-state index is -0.302. The Hall–Kier alpha value is -1.85. The van der Waals surface area contributed by atoms with E-state index in [0.29, 0.717) is 11.9 Å². The van der Waals surface area contributed by atoms with Crippen LogP contribution in [-0.4, -0.2) is 34.5 Å². The molecule has 0 radical (unpaired) electrons. The predicted octanol–water partition coefficient (Wildman–Crippen LogP) is 1.30. The molecule has 1 unspecified atom stereocenters. The van der Waals surface area contributed by atoms with Crippen molar-refractivity contribution in [1.29, 1.82) is 0 Å². The number of carbonyl (C=O) groups is 1. The van der Waals surface area contributed by atoms with Crippen LogP contribution in [0.15, 0.2) is 6.33 Å². The lowest BCUT2D eigenvalue weighted by Gasteiger charge is -2.17. The van der Waals surface area contributed by atoms with E-state index in [1.165, 1.54) is 6.33 Å². The molecule has 6 nitrogen and oxygen atoms in total. The molecule has 104 valence electrons. The molecule has 19 heavy (non-hydrogen) atoms. The number of nitrogens with one attached hydrogen (secondary N) is 3. The number of hydrogen-bond acceptors (Lipinski definition) is 5. The number of nitrogens with zero attached hydrogens (tertiary/aromatic N) is 2. The molecule has 1 aliphatic rings. The number of rotatable bonds is 6. The fraction of sp³-hybridized carbons (Fsp3) is 0.615. The second-order valence-corrected chi connectivity index (χ2v) is 4.88. The van der Waals surface area contributed by atoms with Gasteiger partial charge in [0.2, 0.25) is 5.91 Å². The minimum absolute atomic E-state index is 0.0190. The van der Waals surface area contributed by atoms with Crippen molar-refractivity contribution < 1.29 is 4.79 Å². The monoisotopic (exact) mass is 263 g/mol. The lowest BCUT2D eigenvalue weighted by atomic mass is 10.2. The molecular formula is C13H21N5O. The zero-order chi connectivity index (χ0) is 13.8. The minimum Gasteiger partial charge on any atom is -0.370 e. The average molecular weight is 263 g/mol. The van der Waals surface area contributed by atoms with E-state index in [2.05, 4.69) is 25.9 Å². The van der Waals surface area contributed by atoms with E-state index in [1.807, 2.05) is 20.8 Å². The van der Waals surface area contributed by atoms with E-state index in [1.54, 1.807) is 0 Å². The van der Waals surface area contributed by atoms with Gasteiger partial charge in [-0.1, -0.05) is 0 Å². The van der Waals surface area contributed by atoms with Gasteiger partial charge in [0.1, 0.15) is 24.0 Å². The van der Waals surface area contributed by atoms with Crippen LogP contribution in [0.25, 0.3) is 0 Å². The molecule has 1 heterocycles. The summed E-state index contributed by atoms with van der Waals surface area (Å²) in [4.78, 5) is 20.3. The molecule has 2 rings (SSSR count). The summed E-state index contributed by atoms with van der Waals surface area (Å²) in [6, 6.07) is 0.0734. The third kappa shape index (κ3) is 3.56. The fourth-order valence-corrected chi connectivity index (χ4v) is 1.77. The molecular weight excluding hydrogens is 242 g/mol. The molecule has 1 aliphatic carbocycles. The highest BCUT2D eigenvalue weighted by atomic mass is 16.2. The van der Waals surface area contributed by atoms with Crippen molar-refractivity contribution in [2.45, 2.75) is 45.7 Å². The van der Waals surface area contributed by atoms with Gasteiger partial charge in [-0.05, 0) is 33.6 Å². The maximum absolute atomic E-state index is 11.9. The molecule has 0 bridgehead atoms. The highest BCUT2D eigenvalue weighted by molar-refractivity contribution is 5.84. The summed E-state index contributed by atoms with van der Waals surface area (Å²) in [5.41, 5.74) is 0.926. The Labute approximate surface area is 113 Å². The van der Waals surface area contributed by atoms with Crippen LogP contribution in [0.1, 0.15) is 32.3 Å². The largest absolute Gasteiger partial charge is 0.370 e. The zero-order valence-electron chi connectivity index (χ0n) is 11.7. The third-order valence-corrected chi connectivity index (χ3v) is 3.10. The van der Waals surface area contributed by atoms with E-state index in [9.17, 15) is 4.79 Å². The average Bonchev–Trinajstić information content (AvgIpc) is 3.18. The highest BCUT2D eigenvalue weighted by Crippen LogP contribution is 2.20. The van der Waals surface area contributed by atoms with Crippen LogP contribution in [0, 0.1) is 6.92 Å². The normalized spacial score (nSPS) is 15.7. The summed E-state index contributed by atoms with van der Waals surface area (Å²) < 4.78 is 0. The fourth-order valence-electron chi connectivity index (χ4n) is 1.77. The van der Waals surface area contributed by atoms with Gasteiger partial charge < -0.3 is 16.0 Å². The number of anilines is 2. The standard InChI is InChI=1S/C13H21N5O/c1-4-14-11-8(2)12(16-7-15-11)17-9(3)13(19)18-10-5-6-10/h7,9-10H,4-6H2,1-3H3,(H,18,19)(H2,14,15,16,17). The smallest absolute Gasteiger partial charge is 0.242 e. The predicted molar refractivity (Wildman–Crippen MR) is 75.2 cm³/mol.